The molecule has 1 amide bonds. The van der Waals surface area contributed by atoms with Crippen molar-refractivity contribution >= 4 is 22.5 Å². The van der Waals surface area contributed by atoms with Crippen LogP contribution in [0, 0.1) is 5.82 Å². The Kier molecular flexibility index (Phi) is 4.90. The van der Waals surface area contributed by atoms with E-state index in [-0.39, 0.29) is 11.1 Å². The van der Waals surface area contributed by atoms with Gasteiger partial charge in [-0.3, -0.25) is 19.0 Å². The Labute approximate surface area is 165 Å². The summed E-state index contributed by atoms with van der Waals surface area (Å²) in [6, 6.07) is 13.6. The maximum absolute atomic E-state index is 13.6. The molecule has 7 nitrogen and oxygen atoms in total. The number of fused-ring (bicyclic) bond motifs is 1. The molecule has 2 heterocycles. The molecule has 2 aromatic heterocycles. The van der Waals surface area contributed by atoms with Gasteiger partial charge in [-0.25, -0.2) is 4.39 Å². The highest BCUT2D eigenvalue weighted by atomic mass is 19.1. The van der Waals surface area contributed by atoms with Gasteiger partial charge in [0, 0.05) is 12.7 Å². The third-order valence-electron chi connectivity index (χ3n) is 4.51. The molecule has 29 heavy (non-hydrogen) atoms. The van der Waals surface area contributed by atoms with Gasteiger partial charge < -0.3 is 5.32 Å². The number of hydrogen-bond acceptors (Lipinski definition) is 4. The summed E-state index contributed by atoms with van der Waals surface area (Å²) in [5.74, 6) is -1.21. The fraction of sp³-hybridized carbons (Fsp3) is 0.143. The van der Waals surface area contributed by atoms with Gasteiger partial charge in [-0.1, -0.05) is 30.3 Å². The lowest BCUT2D eigenvalue weighted by atomic mass is 10.2. The molecule has 0 aliphatic carbocycles. The van der Waals surface area contributed by atoms with Crippen LogP contribution in [-0.2, 0) is 13.1 Å². The molecule has 4 rings (SSSR count). The van der Waals surface area contributed by atoms with Crippen molar-refractivity contribution in [3.63, 3.8) is 0 Å². The largest absolute Gasteiger partial charge is 0.318 e. The molecule has 4 aromatic rings. The van der Waals surface area contributed by atoms with Crippen molar-refractivity contribution in [1.29, 1.82) is 0 Å². The molecular weight excluding hydrogens is 373 g/mol. The average Bonchev–Trinajstić information content (AvgIpc) is 3.16. The third kappa shape index (κ3) is 3.77. The standard InChI is InChI=1S/C21H18FN5O2/c1-2-27-18-9-8-15(22)10-17(18)20(28)19(25-27)21(29)24-16-11-23-26(13-16)12-14-6-4-3-5-7-14/h3-11,13H,2,12H2,1H3,(H,24,29). The van der Waals surface area contributed by atoms with Crippen LogP contribution in [0.4, 0.5) is 10.1 Å². The number of halogens is 1. The van der Waals surface area contributed by atoms with Gasteiger partial charge in [0.25, 0.3) is 5.91 Å². The first-order valence-electron chi connectivity index (χ1n) is 9.13. The molecular formula is C21H18FN5O2. The number of carbonyl (C=O) groups excluding carboxylic acids is 1. The molecule has 0 bridgehead atoms. The molecule has 0 unspecified atom stereocenters. The second-order valence-corrected chi connectivity index (χ2v) is 6.52. The highest BCUT2D eigenvalue weighted by Crippen LogP contribution is 2.13. The number of rotatable bonds is 5. The highest BCUT2D eigenvalue weighted by Gasteiger charge is 2.18. The van der Waals surface area contributed by atoms with Gasteiger partial charge in [0.2, 0.25) is 5.43 Å². The lowest BCUT2D eigenvalue weighted by Crippen LogP contribution is -2.27. The van der Waals surface area contributed by atoms with E-state index in [1.807, 2.05) is 37.3 Å². The lowest BCUT2D eigenvalue weighted by Gasteiger charge is -2.10. The predicted molar refractivity (Wildman–Crippen MR) is 107 cm³/mol. The van der Waals surface area contributed by atoms with Crippen molar-refractivity contribution in [3.8, 4) is 0 Å². The van der Waals surface area contributed by atoms with E-state index in [2.05, 4.69) is 15.5 Å². The molecule has 0 saturated carbocycles. The number of aryl methyl sites for hydroxylation is 1. The summed E-state index contributed by atoms with van der Waals surface area (Å²) < 4.78 is 16.8. The molecule has 0 spiro atoms. The van der Waals surface area contributed by atoms with E-state index in [0.29, 0.717) is 24.3 Å². The minimum Gasteiger partial charge on any atom is -0.318 e. The first-order valence-corrected chi connectivity index (χ1v) is 9.13. The molecule has 146 valence electrons. The van der Waals surface area contributed by atoms with Gasteiger partial charge in [0.05, 0.1) is 29.3 Å². The minimum absolute atomic E-state index is 0.117. The lowest BCUT2D eigenvalue weighted by molar-refractivity contribution is 0.101. The zero-order valence-electron chi connectivity index (χ0n) is 15.7. The smallest absolute Gasteiger partial charge is 0.280 e. The van der Waals surface area contributed by atoms with E-state index in [4.69, 9.17) is 0 Å². The maximum atomic E-state index is 13.6. The van der Waals surface area contributed by atoms with Crippen LogP contribution in [0.5, 0.6) is 0 Å². The van der Waals surface area contributed by atoms with Crippen LogP contribution >= 0.6 is 0 Å². The van der Waals surface area contributed by atoms with Crippen LogP contribution in [0.15, 0.2) is 65.7 Å². The number of hydrogen-bond donors (Lipinski definition) is 1. The quantitative estimate of drug-likeness (QED) is 0.567. The summed E-state index contributed by atoms with van der Waals surface area (Å²) in [6.07, 6.45) is 3.17. The SMILES string of the molecule is CCn1nc(C(=O)Nc2cnn(Cc3ccccc3)c2)c(=O)c2cc(F)ccc21. The van der Waals surface area contributed by atoms with Gasteiger partial charge in [0.1, 0.15) is 5.82 Å². The monoisotopic (exact) mass is 391 g/mol. The Morgan fingerprint density at radius 2 is 1.97 bits per heavy atom. The predicted octanol–water partition coefficient (Wildman–Crippen LogP) is 3.05. The van der Waals surface area contributed by atoms with Crippen molar-refractivity contribution in [2.24, 2.45) is 0 Å². The number of nitrogens with zero attached hydrogens (tertiary/aromatic N) is 4. The van der Waals surface area contributed by atoms with E-state index >= 15 is 0 Å². The van der Waals surface area contributed by atoms with Crippen LogP contribution in [0.2, 0.25) is 0 Å². The van der Waals surface area contributed by atoms with Crippen LogP contribution in [0.3, 0.4) is 0 Å². The van der Waals surface area contributed by atoms with E-state index in [1.165, 1.54) is 23.0 Å². The summed E-state index contributed by atoms with van der Waals surface area (Å²) in [5, 5.41) is 11.1. The summed E-state index contributed by atoms with van der Waals surface area (Å²) in [7, 11) is 0. The van der Waals surface area contributed by atoms with Crippen molar-refractivity contribution in [2.75, 3.05) is 5.32 Å². The van der Waals surface area contributed by atoms with Crippen molar-refractivity contribution in [1.82, 2.24) is 19.6 Å². The molecule has 0 aliphatic heterocycles. The summed E-state index contributed by atoms with van der Waals surface area (Å²) in [4.78, 5) is 25.4. The van der Waals surface area contributed by atoms with Gasteiger partial charge in [-0.05, 0) is 30.7 Å². The van der Waals surface area contributed by atoms with Gasteiger partial charge >= 0.3 is 0 Å². The van der Waals surface area contributed by atoms with Crippen molar-refractivity contribution in [3.05, 3.63) is 88.2 Å². The molecule has 0 saturated heterocycles. The van der Waals surface area contributed by atoms with Crippen LogP contribution in [-0.4, -0.2) is 25.5 Å². The maximum Gasteiger partial charge on any atom is 0.280 e. The highest BCUT2D eigenvalue weighted by molar-refractivity contribution is 6.04. The third-order valence-corrected chi connectivity index (χ3v) is 4.51. The van der Waals surface area contributed by atoms with Crippen LogP contribution in [0.1, 0.15) is 23.0 Å². The van der Waals surface area contributed by atoms with Crippen LogP contribution in [0.25, 0.3) is 10.9 Å². The van der Waals surface area contributed by atoms with Crippen molar-refractivity contribution < 1.29 is 9.18 Å². The number of benzene rings is 2. The summed E-state index contributed by atoms with van der Waals surface area (Å²) >= 11 is 0. The second-order valence-electron chi connectivity index (χ2n) is 6.52. The zero-order valence-corrected chi connectivity index (χ0v) is 15.7. The topological polar surface area (TPSA) is 81.8 Å². The number of amides is 1. The molecule has 0 fully saturated rings. The average molecular weight is 391 g/mol. The first kappa shape index (κ1) is 18.5. The Morgan fingerprint density at radius 3 is 2.72 bits per heavy atom. The second kappa shape index (κ2) is 7.67. The molecule has 0 aliphatic rings. The first-order chi connectivity index (χ1) is 14.0. The summed E-state index contributed by atoms with van der Waals surface area (Å²) in [5.41, 5.74) is 1.08. The minimum atomic E-state index is -0.664. The van der Waals surface area contributed by atoms with E-state index in [0.717, 1.165) is 11.6 Å². The van der Waals surface area contributed by atoms with Crippen LogP contribution < -0.4 is 10.7 Å². The van der Waals surface area contributed by atoms with E-state index in [9.17, 15) is 14.0 Å². The fourth-order valence-electron chi connectivity index (χ4n) is 3.13. The van der Waals surface area contributed by atoms with E-state index in [1.54, 1.807) is 10.9 Å². The molecule has 0 atom stereocenters. The molecule has 8 heteroatoms. The Bertz CT molecular complexity index is 1250. The number of aromatic nitrogens is 4. The van der Waals surface area contributed by atoms with Gasteiger partial charge in [0.15, 0.2) is 5.69 Å². The van der Waals surface area contributed by atoms with Gasteiger partial charge in [-0.15, -0.1) is 0 Å². The molecule has 2 aromatic carbocycles. The number of anilines is 1. The molecule has 1 N–H and O–H groups in total. The summed E-state index contributed by atoms with van der Waals surface area (Å²) in [6.45, 7) is 2.81. The van der Waals surface area contributed by atoms with Gasteiger partial charge in [-0.2, -0.15) is 10.2 Å². The zero-order chi connectivity index (χ0) is 20.4. The normalized spacial score (nSPS) is 11.0. The number of nitrogens with one attached hydrogen (secondary N) is 1. The Hall–Kier alpha value is -3.81. The number of carbonyl (C=O) groups is 1. The Balaban J connectivity index is 1.61. The molecule has 0 radical (unpaired) electrons. The fourth-order valence-corrected chi connectivity index (χ4v) is 3.13. The van der Waals surface area contributed by atoms with E-state index < -0.39 is 17.2 Å². The Morgan fingerprint density at radius 1 is 1.17 bits per heavy atom. The van der Waals surface area contributed by atoms with Crippen molar-refractivity contribution in [2.45, 2.75) is 20.0 Å².